The van der Waals surface area contributed by atoms with Crippen LogP contribution >= 0.6 is 0 Å². The molecular formula is C14H13N3O4. The van der Waals surface area contributed by atoms with Crippen LogP contribution in [0.4, 0.5) is 0 Å². The monoisotopic (exact) mass is 287 g/mol. The van der Waals surface area contributed by atoms with Crippen molar-refractivity contribution >= 4 is 28.8 Å². The predicted octanol–water partition coefficient (Wildman–Crippen LogP) is 0.628. The van der Waals surface area contributed by atoms with Crippen molar-refractivity contribution < 1.29 is 19.1 Å². The number of nitrogens with zero attached hydrogens (tertiary/aromatic N) is 3. The van der Waals surface area contributed by atoms with Crippen molar-refractivity contribution in [2.24, 2.45) is 7.05 Å². The minimum atomic E-state index is -0.645. The highest BCUT2D eigenvalue weighted by atomic mass is 16.5. The maximum absolute atomic E-state index is 11.8. The van der Waals surface area contributed by atoms with Crippen LogP contribution in [0.1, 0.15) is 12.8 Å². The Bertz CT molecular complexity index is 734. The summed E-state index contributed by atoms with van der Waals surface area (Å²) in [5, 5.41) is 0. The molecule has 0 atom stereocenters. The van der Waals surface area contributed by atoms with Gasteiger partial charge in [0, 0.05) is 26.0 Å². The van der Waals surface area contributed by atoms with Gasteiger partial charge >= 0.3 is 5.97 Å². The van der Waals surface area contributed by atoms with Crippen LogP contribution in [0.5, 0.6) is 5.75 Å². The molecular weight excluding hydrogens is 274 g/mol. The van der Waals surface area contributed by atoms with Gasteiger partial charge in [0.15, 0.2) is 0 Å². The summed E-state index contributed by atoms with van der Waals surface area (Å²) in [5.41, 5.74) is 1.62. The molecule has 1 aromatic heterocycles. The van der Waals surface area contributed by atoms with Crippen LogP contribution in [0.15, 0.2) is 24.5 Å². The number of esters is 1. The molecule has 0 bridgehead atoms. The van der Waals surface area contributed by atoms with Crippen LogP contribution in [0.2, 0.25) is 0 Å². The highest BCUT2D eigenvalue weighted by molar-refractivity contribution is 6.04. The first-order chi connectivity index (χ1) is 10.0. The van der Waals surface area contributed by atoms with E-state index in [0.29, 0.717) is 11.3 Å². The van der Waals surface area contributed by atoms with E-state index in [1.165, 1.54) is 0 Å². The molecule has 1 fully saturated rings. The molecule has 0 saturated carbocycles. The van der Waals surface area contributed by atoms with Crippen molar-refractivity contribution in [3.8, 4) is 5.75 Å². The van der Waals surface area contributed by atoms with Crippen molar-refractivity contribution in [2.45, 2.75) is 12.8 Å². The average molecular weight is 287 g/mol. The number of hydrogen-bond acceptors (Lipinski definition) is 5. The lowest BCUT2D eigenvalue weighted by Crippen LogP contribution is -2.36. The van der Waals surface area contributed by atoms with Crippen LogP contribution in [0, 0.1) is 0 Å². The molecule has 108 valence electrons. The number of imide groups is 1. The lowest BCUT2D eigenvalue weighted by Gasteiger charge is -2.12. The molecule has 2 amide bonds. The van der Waals surface area contributed by atoms with E-state index in [4.69, 9.17) is 4.74 Å². The van der Waals surface area contributed by atoms with E-state index in [1.54, 1.807) is 24.5 Å². The first kappa shape index (κ1) is 13.3. The highest BCUT2D eigenvalue weighted by Crippen LogP contribution is 2.20. The number of carbonyl (C=O) groups is 3. The van der Waals surface area contributed by atoms with Crippen LogP contribution in [0.3, 0.4) is 0 Å². The van der Waals surface area contributed by atoms with Gasteiger partial charge in [0.1, 0.15) is 12.3 Å². The number of ether oxygens (including phenoxy) is 1. The lowest BCUT2D eigenvalue weighted by atomic mass is 10.3. The molecule has 0 spiro atoms. The van der Waals surface area contributed by atoms with Crippen LogP contribution in [-0.4, -0.2) is 38.8 Å². The summed E-state index contributed by atoms with van der Waals surface area (Å²) in [4.78, 5) is 39.8. The van der Waals surface area contributed by atoms with Gasteiger partial charge in [0.2, 0.25) is 11.8 Å². The van der Waals surface area contributed by atoms with Gasteiger partial charge in [0.25, 0.3) is 0 Å². The second kappa shape index (κ2) is 5.01. The third kappa shape index (κ3) is 2.49. The highest BCUT2D eigenvalue weighted by Gasteiger charge is 2.31. The Hall–Kier alpha value is -2.70. The first-order valence-corrected chi connectivity index (χ1v) is 6.49. The number of rotatable bonds is 3. The van der Waals surface area contributed by atoms with E-state index < -0.39 is 5.97 Å². The smallest absolute Gasteiger partial charge is 0.331 e. The molecule has 0 aliphatic carbocycles. The largest absolute Gasteiger partial charge is 0.425 e. The fourth-order valence-electron chi connectivity index (χ4n) is 2.27. The van der Waals surface area contributed by atoms with E-state index in [1.807, 2.05) is 11.6 Å². The number of aryl methyl sites for hydroxylation is 1. The molecule has 1 aliphatic heterocycles. The van der Waals surface area contributed by atoms with Gasteiger partial charge in [0.05, 0.1) is 17.4 Å². The van der Waals surface area contributed by atoms with Gasteiger partial charge in [-0.3, -0.25) is 14.5 Å². The van der Waals surface area contributed by atoms with Crippen LogP contribution in [0.25, 0.3) is 11.0 Å². The molecule has 2 aromatic rings. The molecule has 0 unspecified atom stereocenters. The standard InChI is InChI=1S/C14H13N3O4/c1-16-8-15-10-6-9(2-3-11(10)16)21-14(20)7-17-12(18)4-5-13(17)19/h2-3,6,8H,4-5,7H2,1H3. The molecule has 0 N–H and O–H groups in total. The van der Waals surface area contributed by atoms with Gasteiger partial charge in [-0.25, -0.2) is 9.78 Å². The lowest BCUT2D eigenvalue weighted by molar-refractivity contribution is -0.147. The zero-order valence-electron chi connectivity index (χ0n) is 11.4. The Labute approximate surface area is 120 Å². The van der Waals surface area contributed by atoms with Crippen molar-refractivity contribution in [3.63, 3.8) is 0 Å². The summed E-state index contributed by atoms with van der Waals surface area (Å²) in [5.74, 6) is -0.978. The number of aromatic nitrogens is 2. The van der Waals surface area contributed by atoms with Gasteiger partial charge in [-0.2, -0.15) is 0 Å². The topological polar surface area (TPSA) is 81.5 Å². The predicted molar refractivity (Wildman–Crippen MR) is 72.3 cm³/mol. The summed E-state index contributed by atoms with van der Waals surface area (Å²) in [7, 11) is 1.87. The minimum absolute atomic E-state index is 0.159. The molecule has 1 aromatic carbocycles. The number of likely N-dealkylation sites (tertiary alicyclic amines) is 1. The quantitative estimate of drug-likeness (QED) is 0.470. The van der Waals surface area contributed by atoms with Crippen LogP contribution < -0.4 is 4.74 Å². The van der Waals surface area contributed by atoms with E-state index >= 15 is 0 Å². The number of benzene rings is 1. The fraction of sp³-hybridized carbons (Fsp3) is 0.286. The molecule has 1 aliphatic rings. The normalized spacial score (nSPS) is 15.0. The molecule has 3 rings (SSSR count). The van der Waals surface area contributed by atoms with Gasteiger partial charge in [-0.1, -0.05) is 0 Å². The summed E-state index contributed by atoms with van der Waals surface area (Å²) in [6.07, 6.45) is 1.98. The average Bonchev–Trinajstić information content (AvgIpc) is 2.96. The molecule has 1 saturated heterocycles. The number of carbonyl (C=O) groups excluding carboxylic acids is 3. The molecule has 0 radical (unpaired) electrons. The Morgan fingerprint density at radius 1 is 1.29 bits per heavy atom. The first-order valence-electron chi connectivity index (χ1n) is 6.49. The summed E-state index contributed by atoms with van der Waals surface area (Å²) < 4.78 is 7.01. The summed E-state index contributed by atoms with van der Waals surface area (Å²) in [6.45, 7) is -0.349. The Kier molecular flexibility index (Phi) is 3.17. The minimum Gasteiger partial charge on any atom is -0.425 e. The SMILES string of the molecule is Cn1cnc2cc(OC(=O)CN3C(=O)CCC3=O)ccc21. The van der Waals surface area contributed by atoms with E-state index in [0.717, 1.165) is 10.4 Å². The maximum Gasteiger partial charge on any atom is 0.331 e. The number of imidazole rings is 1. The van der Waals surface area contributed by atoms with Crippen molar-refractivity contribution in [3.05, 3.63) is 24.5 Å². The van der Waals surface area contributed by atoms with Crippen molar-refractivity contribution in [1.82, 2.24) is 14.5 Å². The number of fused-ring (bicyclic) bond motifs is 1. The second-order valence-electron chi connectivity index (χ2n) is 4.85. The molecule has 2 heterocycles. The van der Waals surface area contributed by atoms with E-state index in [-0.39, 0.29) is 31.2 Å². The summed E-state index contributed by atoms with van der Waals surface area (Å²) >= 11 is 0. The molecule has 7 nitrogen and oxygen atoms in total. The Balaban J connectivity index is 1.71. The van der Waals surface area contributed by atoms with Gasteiger partial charge in [-0.15, -0.1) is 0 Å². The maximum atomic E-state index is 11.8. The van der Waals surface area contributed by atoms with Crippen molar-refractivity contribution in [2.75, 3.05) is 6.54 Å². The Morgan fingerprint density at radius 2 is 2.00 bits per heavy atom. The van der Waals surface area contributed by atoms with Crippen LogP contribution in [-0.2, 0) is 21.4 Å². The number of amides is 2. The third-order valence-electron chi connectivity index (χ3n) is 3.37. The van der Waals surface area contributed by atoms with Crippen molar-refractivity contribution in [1.29, 1.82) is 0 Å². The molecule has 21 heavy (non-hydrogen) atoms. The summed E-state index contributed by atoms with van der Waals surface area (Å²) in [6, 6.07) is 5.08. The second-order valence-corrected chi connectivity index (χ2v) is 4.85. The van der Waals surface area contributed by atoms with E-state index in [9.17, 15) is 14.4 Å². The zero-order valence-corrected chi connectivity index (χ0v) is 11.4. The third-order valence-corrected chi connectivity index (χ3v) is 3.37. The van der Waals surface area contributed by atoms with Gasteiger partial charge in [-0.05, 0) is 12.1 Å². The number of hydrogen-bond donors (Lipinski definition) is 0. The van der Waals surface area contributed by atoms with Gasteiger partial charge < -0.3 is 9.30 Å². The van der Waals surface area contributed by atoms with E-state index in [2.05, 4.69) is 4.98 Å². The zero-order chi connectivity index (χ0) is 15.0. The fourth-order valence-corrected chi connectivity index (χ4v) is 2.27. The molecule has 7 heteroatoms. The Morgan fingerprint density at radius 3 is 2.71 bits per heavy atom.